The molecular formula is C15H13ClFNO2S. The number of benzene rings is 2. The van der Waals surface area contributed by atoms with Crippen molar-refractivity contribution in [3.8, 4) is 0 Å². The van der Waals surface area contributed by atoms with Gasteiger partial charge in [-0.25, -0.2) is 12.8 Å². The molecule has 0 atom stereocenters. The van der Waals surface area contributed by atoms with Crippen LogP contribution in [0.15, 0.2) is 41.3 Å². The van der Waals surface area contributed by atoms with E-state index < -0.39 is 15.8 Å². The monoisotopic (exact) mass is 325 g/mol. The third-order valence-electron chi connectivity index (χ3n) is 3.56. The van der Waals surface area contributed by atoms with Gasteiger partial charge in [-0.05, 0) is 60.7 Å². The van der Waals surface area contributed by atoms with Crippen LogP contribution in [0.25, 0.3) is 0 Å². The highest BCUT2D eigenvalue weighted by atomic mass is 35.5. The van der Waals surface area contributed by atoms with E-state index >= 15 is 0 Å². The Hall–Kier alpha value is -1.59. The third kappa shape index (κ3) is 2.89. The summed E-state index contributed by atoms with van der Waals surface area (Å²) in [5.41, 5.74) is 2.13. The molecule has 0 saturated carbocycles. The Balaban J connectivity index is 1.93. The van der Waals surface area contributed by atoms with Crippen LogP contribution in [0.4, 0.5) is 10.1 Å². The summed E-state index contributed by atoms with van der Waals surface area (Å²) in [5, 5.41) is 0.216. The average molecular weight is 326 g/mol. The Morgan fingerprint density at radius 3 is 2.57 bits per heavy atom. The fourth-order valence-electron chi connectivity index (χ4n) is 2.49. The number of nitrogens with one attached hydrogen (secondary N) is 1. The molecule has 110 valence electrons. The molecule has 3 nitrogen and oxygen atoms in total. The van der Waals surface area contributed by atoms with Gasteiger partial charge in [0.05, 0.1) is 10.6 Å². The van der Waals surface area contributed by atoms with Crippen LogP contribution >= 0.6 is 11.6 Å². The van der Waals surface area contributed by atoms with Crippen molar-refractivity contribution in [2.24, 2.45) is 0 Å². The van der Waals surface area contributed by atoms with Gasteiger partial charge >= 0.3 is 0 Å². The maximum absolute atomic E-state index is 13.7. The molecule has 0 spiro atoms. The minimum Gasteiger partial charge on any atom is -0.277 e. The van der Waals surface area contributed by atoms with Crippen LogP contribution in [-0.2, 0) is 22.9 Å². The topological polar surface area (TPSA) is 46.2 Å². The zero-order valence-corrected chi connectivity index (χ0v) is 12.6. The summed E-state index contributed by atoms with van der Waals surface area (Å²) >= 11 is 5.65. The molecule has 0 amide bonds. The Labute approximate surface area is 127 Å². The van der Waals surface area contributed by atoms with E-state index in [4.69, 9.17) is 11.6 Å². The van der Waals surface area contributed by atoms with Gasteiger partial charge in [0.15, 0.2) is 0 Å². The third-order valence-corrected chi connectivity index (χ3v) is 5.15. The van der Waals surface area contributed by atoms with Gasteiger partial charge in [-0.2, -0.15) is 0 Å². The fourth-order valence-corrected chi connectivity index (χ4v) is 3.77. The second-order valence-corrected chi connectivity index (χ2v) is 7.13. The minimum atomic E-state index is -3.80. The van der Waals surface area contributed by atoms with Crippen LogP contribution in [0.3, 0.4) is 0 Å². The van der Waals surface area contributed by atoms with Crippen molar-refractivity contribution in [2.75, 3.05) is 4.72 Å². The van der Waals surface area contributed by atoms with Crippen molar-refractivity contribution in [2.45, 2.75) is 24.2 Å². The number of aryl methyl sites for hydroxylation is 2. The second-order valence-electron chi connectivity index (χ2n) is 5.01. The lowest BCUT2D eigenvalue weighted by Gasteiger charge is -2.10. The highest BCUT2D eigenvalue weighted by Crippen LogP contribution is 2.27. The SMILES string of the molecule is O=S(=O)(Nc1ccc(Cl)cc1F)c1ccc2c(c1)CCC2. The number of hydrogen-bond acceptors (Lipinski definition) is 2. The minimum absolute atomic E-state index is 0.111. The van der Waals surface area contributed by atoms with Crippen LogP contribution in [0.1, 0.15) is 17.5 Å². The summed E-state index contributed by atoms with van der Waals surface area (Å²) in [6.07, 6.45) is 2.90. The van der Waals surface area contributed by atoms with Gasteiger partial charge < -0.3 is 0 Å². The lowest BCUT2D eigenvalue weighted by atomic mass is 10.1. The van der Waals surface area contributed by atoms with Crippen molar-refractivity contribution in [1.29, 1.82) is 0 Å². The van der Waals surface area contributed by atoms with Gasteiger partial charge in [-0.3, -0.25) is 4.72 Å². The van der Waals surface area contributed by atoms with Gasteiger partial charge in [0, 0.05) is 5.02 Å². The van der Waals surface area contributed by atoms with E-state index in [-0.39, 0.29) is 15.6 Å². The van der Waals surface area contributed by atoms with Gasteiger partial charge in [0.1, 0.15) is 5.82 Å². The molecule has 0 aliphatic heterocycles. The molecule has 0 bridgehead atoms. The highest BCUT2D eigenvalue weighted by molar-refractivity contribution is 7.92. The molecule has 2 aromatic carbocycles. The molecule has 0 aromatic heterocycles. The van der Waals surface area contributed by atoms with Crippen LogP contribution in [0, 0.1) is 5.82 Å². The summed E-state index contributed by atoms with van der Waals surface area (Å²) in [6, 6.07) is 8.86. The zero-order valence-electron chi connectivity index (χ0n) is 11.1. The Morgan fingerprint density at radius 2 is 1.81 bits per heavy atom. The molecule has 21 heavy (non-hydrogen) atoms. The van der Waals surface area contributed by atoms with Crippen LogP contribution in [0.2, 0.25) is 5.02 Å². The molecule has 0 radical (unpaired) electrons. The summed E-state index contributed by atoms with van der Waals surface area (Å²) in [6.45, 7) is 0. The van der Waals surface area contributed by atoms with Gasteiger partial charge in [0.2, 0.25) is 0 Å². The Kier molecular flexibility index (Phi) is 3.63. The standard InChI is InChI=1S/C15H13ClFNO2S/c16-12-5-7-15(14(17)9-12)18-21(19,20)13-6-4-10-2-1-3-11(10)8-13/h4-9,18H,1-3H2. The average Bonchev–Trinajstić information content (AvgIpc) is 2.89. The Bertz CT molecular complexity index is 805. The smallest absolute Gasteiger partial charge is 0.261 e. The normalized spacial score (nSPS) is 14.0. The summed E-state index contributed by atoms with van der Waals surface area (Å²) in [5.74, 6) is -0.702. The van der Waals surface area contributed by atoms with E-state index in [9.17, 15) is 12.8 Å². The molecule has 3 rings (SSSR count). The van der Waals surface area contributed by atoms with E-state index in [1.54, 1.807) is 12.1 Å². The molecule has 0 fully saturated rings. The number of fused-ring (bicyclic) bond motifs is 1. The summed E-state index contributed by atoms with van der Waals surface area (Å²) < 4.78 is 40.6. The lowest BCUT2D eigenvalue weighted by Crippen LogP contribution is -2.14. The molecule has 0 unspecified atom stereocenters. The van der Waals surface area contributed by atoms with Crippen molar-refractivity contribution in [3.05, 3.63) is 58.4 Å². The molecule has 6 heteroatoms. The van der Waals surface area contributed by atoms with Crippen LogP contribution < -0.4 is 4.72 Å². The van der Waals surface area contributed by atoms with Crippen LogP contribution in [0.5, 0.6) is 0 Å². The predicted molar refractivity (Wildman–Crippen MR) is 80.7 cm³/mol. The maximum atomic E-state index is 13.7. The number of anilines is 1. The quantitative estimate of drug-likeness (QED) is 0.933. The first-order valence-corrected chi connectivity index (χ1v) is 8.41. The van der Waals surface area contributed by atoms with Gasteiger partial charge in [0.25, 0.3) is 10.0 Å². The van der Waals surface area contributed by atoms with E-state index in [1.807, 2.05) is 6.07 Å². The fraction of sp³-hybridized carbons (Fsp3) is 0.200. The van der Waals surface area contributed by atoms with Crippen molar-refractivity contribution < 1.29 is 12.8 Å². The maximum Gasteiger partial charge on any atom is 0.261 e. The molecule has 0 heterocycles. The van der Waals surface area contributed by atoms with E-state index in [0.717, 1.165) is 30.9 Å². The molecule has 1 aliphatic carbocycles. The summed E-state index contributed by atoms with van der Waals surface area (Å²) in [4.78, 5) is 0.150. The summed E-state index contributed by atoms with van der Waals surface area (Å²) in [7, 11) is -3.80. The van der Waals surface area contributed by atoms with E-state index in [1.165, 1.54) is 17.7 Å². The Morgan fingerprint density at radius 1 is 1.05 bits per heavy atom. The lowest BCUT2D eigenvalue weighted by molar-refractivity contribution is 0.598. The molecule has 0 saturated heterocycles. The molecular weight excluding hydrogens is 313 g/mol. The van der Waals surface area contributed by atoms with Crippen LogP contribution in [-0.4, -0.2) is 8.42 Å². The second kappa shape index (κ2) is 5.31. The highest BCUT2D eigenvalue weighted by Gasteiger charge is 2.19. The molecule has 2 aromatic rings. The predicted octanol–water partition coefficient (Wildman–Crippen LogP) is 3.77. The van der Waals surface area contributed by atoms with Gasteiger partial charge in [-0.15, -0.1) is 0 Å². The van der Waals surface area contributed by atoms with E-state index in [0.29, 0.717) is 0 Å². The van der Waals surface area contributed by atoms with Crippen molar-refractivity contribution >= 4 is 27.3 Å². The van der Waals surface area contributed by atoms with E-state index in [2.05, 4.69) is 4.72 Å². The number of halogens is 2. The first-order valence-electron chi connectivity index (χ1n) is 6.55. The number of hydrogen-bond donors (Lipinski definition) is 1. The largest absolute Gasteiger partial charge is 0.277 e. The van der Waals surface area contributed by atoms with Crippen molar-refractivity contribution in [1.82, 2.24) is 0 Å². The molecule has 1 aliphatic rings. The van der Waals surface area contributed by atoms with Gasteiger partial charge in [-0.1, -0.05) is 17.7 Å². The zero-order chi connectivity index (χ0) is 15.0. The number of rotatable bonds is 3. The molecule has 1 N–H and O–H groups in total. The number of sulfonamides is 1. The first-order chi connectivity index (χ1) is 9.95. The first kappa shape index (κ1) is 14.4. The van der Waals surface area contributed by atoms with Crippen molar-refractivity contribution in [3.63, 3.8) is 0 Å².